The Labute approximate surface area is 187 Å². The zero-order chi connectivity index (χ0) is 22.5. The summed E-state index contributed by atoms with van der Waals surface area (Å²) in [6.07, 6.45) is 12.2. The average Bonchev–Trinajstić information content (AvgIpc) is 3.21. The Morgan fingerprint density at radius 1 is 1.13 bits per heavy atom. The highest BCUT2D eigenvalue weighted by molar-refractivity contribution is 7.89. The van der Waals surface area contributed by atoms with Crippen molar-refractivity contribution in [2.75, 3.05) is 26.2 Å². The Bertz CT molecular complexity index is 891. The van der Waals surface area contributed by atoms with Crippen LogP contribution >= 0.6 is 0 Å². The van der Waals surface area contributed by atoms with Crippen molar-refractivity contribution in [3.05, 3.63) is 48.5 Å². The van der Waals surface area contributed by atoms with Crippen molar-refractivity contribution in [1.29, 1.82) is 0 Å². The molecule has 0 amide bonds. The number of hydrogen-bond donors (Lipinski definition) is 1. The maximum Gasteiger partial charge on any atom is 0.243 e. The molecule has 172 valence electrons. The zero-order valence-electron chi connectivity index (χ0n) is 19.2. The molecule has 1 N–H and O–H groups in total. The summed E-state index contributed by atoms with van der Waals surface area (Å²) in [5.41, 5.74) is 1.04. The summed E-state index contributed by atoms with van der Waals surface area (Å²) in [6.45, 7) is 9.95. The zero-order valence-corrected chi connectivity index (χ0v) is 20.0. The van der Waals surface area contributed by atoms with E-state index < -0.39 is 10.0 Å². The van der Waals surface area contributed by atoms with E-state index in [9.17, 15) is 8.42 Å². The number of rotatable bonds is 15. The molecule has 0 aliphatic carbocycles. The summed E-state index contributed by atoms with van der Waals surface area (Å²) in [7, 11) is -3.57. The van der Waals surface area contributed by atoms with Crippen LogP contribution in [0.15, 0.2) is 52.9 Å². The van der Waals surface area contributed by atoms with Crippen molar-refractivity contribution in [1.82, 2.24) is 14.2 Å². The van der Waals surface area contributed by atoms with E-state index in [2.05, 4.69) is 28.7 Å². The van der Waals surface area contributed by atoms with Crippen molar-refractivity contribution in [3.8, 4) is 0 Å². The van der Waals surface area contributed by atoms with E-state index in [-0.39, 0.29) is 0 Å². The van der Waals surface area contributed by atoms with Gasteiger partial charge in [-0.1, -0.05) is 44.4 Å². The summed E-state index contributed by atoms with van der Waals surface area (Å²) in [6, 6.07) is 7.05. The van der Waals surface area contributed by atoms with Crippen LogP contribution < -0.4 is 9.88 Å². The predicted octanol–water partition coefficient (Wildman–Crippen LogP) is 2.99. The fraction of sp³-hybridized carbons (Fsp3) is 0.565. The highest BCUT2D eigenvalue weighted by Crippen LogP contribution is 2.16. The molecule has 8 heteroatoms. The Hall–Kier alpha value is -2.19. The van der Waals surface area contributed by atoms with E-state index in [1.165, 1.54) is 0 Å². The normalized spacial score (nSPS) is 12.1. The first-order valence-corrected chi connectivity index (χ1v) is 12.7. The first-order chi connectivity index (χ1) is 15.0. The molecule has 31 heavy (non-hydrogen) atoms. The Balaban J connectivity index is 2.03. The third-order valence-corrected chi connectivity index (χ3v) is 7.02. The number of hydrogen-bond acceptors (Lipinski definition) is 3. The second-order valence-electron chi connectivity index (χ2n) is 7.80. The van der Waals surface area contributed by atoms with Crippen LogP contribution in [0.3, 0.4) is 0 Å². The van der Waals surface area contributed by atoms with E-state index >= 15 is 0 Å². The molecular weight excluding hydrogens is 410 g/mol. The minimum atomic E-state index is -3.57. The lowest BCUT2D eigenvalue weighted by Crippen LogP contribution is -2.39. The summed E-state index contributed by atoms with van der Waals surface area (Å²) in [4.78, 5) is 4.63. The van der Waals surface area contributed by atoms with E-state index in [4.69, 9.17) is 0 Å². The maximum absolute atomic E-state index is 13.3. The van der Waals surface area contributed by atoms with Crippen LogP contribution in [0.2, 0.25) is 0 Å². The third-order valence-electron chi connectivity index (χ3n) is 5.11. The Morgan fingerprint density at radius 2 is 1.87 bits per heavy atom. The molecule has 0 bridgehead atoms. The SMILES string of the molecule is CCCCN=CNCCN(CCn1cc[n+](CCCC)c1)S(=O)(=O)c1ccc(C)cc1. The van der Waals surface area contributed by atoms with Crippen molar-refractivity contribution < 1.29 is 13.0 Å². The van der Waals surface area contributed by atoms with E-state index in [0.29, 0.717) is 31.1 Å². The van der Waals surface area contributed by atoms with Gasteiger partial charge in [0.15, 0.2) is 0 Å². The largest absolute Gasteiger partial charge is 0.375 e. The molecule has 0 spiro atoms. The van der Waals surface area contributed by atoms with Crippen LogP contribution in [0.1, 0.15) is 45.1 Å². The molecule has 2 aromatic rings. The van der Waals surface area contributed by atoms with Crippen molar-refractivity contribution in [2.45, 2.75) is 64.4 Å². The predicted molar refractivity (Wildman–Crippen MR) is 126 cm³/mol. The fourth-order valence-electron chi connectivity index (χ4n) is 3.11. The van der Waals surface area contributed by atoms with Gasteiger partial charge in [0.25, 0.3) is 0 Å². The average molecular weight is 449 g/mol. The molecule has 0 fully saturated rings. The van der Waals surface area contributed by atoms with Crippen LogP contribution in [0, 0.1) is 6.92 Å². The molecule has 7 nitrogen and oxygen atoms in total. The first-order valence-electron chi connectivity index (χ1n) is 11.3. The lowest BCUT2D eigenvalue weighted by molar-refractivity contribution is -0.696. The number of nitrogens with zero attached hydrogens (tertiary/aromatic N) is 4. The first kappa shape index (κ1) is 25.1. The summed E-state index contributed by atoms with van der Waals surface area (Å²) in [5, 5.41) is 3.12. The van der Waals surface area contributed by atoms with Crippen molar-refractivity contribution in [3.63, 3.8) is 0 Å². The lowest BCUT2D eigenvalue weighted by atomic mass is 10.2. The highest BCUT2D eigenvalue weighted by atomic mass is 32.2. The molecule has 0 aliphatic heterocycles. The number of aryl methyl sites for hydroxylation is 2. The molecule has 1 aromatic carbocycles. The number of sulfonamides is 1. The second-order valence-corrected chi connectivity index (χ2v) is 9.74. The van der Waals surface area contributed by atoms with Gasteiger partial charge < -0.3 is 5.32 Å². The topological polar surface area (TPSA) is 70.6 Å². The van der Waals surface area contributed by atoms with Gasteiger partial charge in [0.1, 0.15) is 18.9 Å². The molecule has 0 saturated heterocycles. The minimum absolute atomic E-state index is 0.334. The molecule has 0 unspecified atom stereocenters. The summed E-state index contributed by atoms with van der Waals surface area (Å²) >= 11 is 0. The van der Waals surface area contributed by atoms with Crippen LogP contribution in [-0.2, 0) is 23.1 Å². The molecule has 0 saturated carbocycles. The molecule has 0 radical (unpaired) electrons. The smallest absolute Gasteiger partial charge is 0.243 e. The van der Waals surface area contributed by atoms with Gasteiger partial charge in [0, 0.05) is 19.6 Å². The molecular formula is C23H38N5O2S+. The summed E-state index contributed by atoms with van der Waals surface area (Å²) in [5.74, 6) is 0. The number of aromatic nitrogens is 2. The second kappa shape index (κ2) is 13.3. The minimum Gasteiger partial charge on any atom is -0.375 e. The number of aliphatic imine (C=N–C) groups is 1. The van der Waals surface area contributed by atoms with Crippen LogP contribution in [0.25, 0.3) is 0 Å². The van der Waals surface area contributed by atoms with Gasteiger partial charge in [-0.05, 0) is 31.9 Å². The van der Waals surface area contributed by atoms with Crippen LogP contribution in [0.4, 0.5) is 0 Å². The highest BCUT2D eigenvalue weighted by Gasteiger charge is 2.24. The van der Waals surface area contributed by atoms with Gasteiger partial charge in [-0.25, -0.2) is 17.6 Å². The monoisotopic (exact) mass is 448 g/mol. The fourth-order valence-corrected chi connectivity index (χ4v) is 4.55. The van der Waals surface area contributed by atoms with E-state index in [0.717, 1.165) is 44.3 Å². The number of imidazole rings is 1. The van der Waals surface area contributed by atoms with Crippen LogP contribution in [-0.4, -0.2) is 49.8 Å². The molecule has 0 aliphatic rings. The number of unbranched alkanes of at least 4 members (excludes halogenated alkanes) is 2. The van der Waals surface area contributed by atoms with Gasteiger partial charge in [-0.15, -0.1) is 0 Å². The van der Waals surface area contributed by atoms with E-state index in [1.54, 1.807) is 22.8 Å². The van der Waals surface area contributed by atoms with E-state index in [1.807, 2.05) is 42.3 Å². The van der Waals surface area contributed by atoms with Gasteiger partial charge in [0.05, 0.1) is 24.3 Å². The van der Waals surface area contributed by atoms with Crippen molar-refractivity contribution >= 4 is 16.4 Å². The molecule has 1 heterocycles. The van der Waals surface area contributed by atoms with Crippen molar-refractivity contribution in [2.24, 2.45) is 4.99 Å². The van der Waals surface area contributed by atoms with Gasteiger partial charge >= 0.3 is 0 Å². The molecule has 1 aromatic heterocycles. The van der Waals surface area contributed by atoms with Crippen LogP contribution in [0.5, 0.6) is 0 Å². The third kappa shape index (κ3) is 8.45. The van der Waals surface area contributed by atoms with Gasteiger partial charge in [-0.3, -0.25) is 4.99 Å². The standard InChI is InChI=1S/C23H38N5O2S/c1-4-6-12-24-20-25-13-15-28(31(29,30)23-10-8-22(3)9-11-23)19-18-27-17-16-26(21-27)14-7-5-2/h8-11,16-17,20-21H,4-7,12-15,18-19H2,1-3H3,(H,24,25)/q+1. The summed E-state index contributed by atoms with van der Waals surface area (Å²) < 4.78 is 32.3. The maximum atomic E-state index is 13.3. The van der Waals surface area contributed by atoms with Gasteiger partial charge in [-0.2, -0.15) is 4.31 Å². The molecule has 2 rings (SSSR count). The molecule has 0 atom stereocenters. The Kier molecular flexibility index (Phi) is 10.7. The lowest BCUT2D eigenvalue weighted by Gasteiger charge is -2.21. The quantitative estimate of drug-likeness (QED) is 0.197. The number of nitrogens with one attached hydrogen (secondary N) is 1. The van der Waals surface area contributed by atoms with Gasteiger partial charge in [0.2, 0.25) is 16.4 Å². The number of benzene rings is 1. The Morgan fingerprint density at radius 3 is 2.58 bits per heavy atom.